The van der Waals surface area contributed by atoms with Gasteiger partial charge in [-0.05, 0) is 38.1 Å². The van der Waals surface area contributed by atoms with Crippen LogP contribution in [-0.2, 0) is 25.7 Å². The molecule has 0 aliphatic rings. The van der Waals surface area contributed by atoms with Crippen LogP contribution in [-0.4, -0.2) is 35.0 Å². The number of hydrogen-bond acceptors (Lipinski definition) is 4. The number of esters is 1. The first-order valence-corrected chi connectivity index (χ1v) is 9.66. The summed E-state index contributed by atoms with van der Waals surface area (Å²) in [7, 11) is 0. The van der Waals surface area contributed by atoms with Crippen LogP contribution in [0.25, 0.3) is 21.8 Å². The number of rotatable bonds is 7. The van der Waals surface area contributed by atoms with Crippen molar-refractivity contribution in [1.29, 1.82) is 0 Å². The van der Waals surface area contributed by atoms with Gasteiger partial charge in [0.1, 0.15) is 0 Å². The van der Waals surface area contributed by atoms with Crippen molar-refractivity contribution in [1.82, 2.24) is 9.88 Å². The highest BCUT2D eigenvalue weighted by atomic mass is 16.5. The maximum atomic E-state index is 12.4. The number of aromatic nitrogens is 1. The Morgan fingerprint density at radius 2 is 1.79 bits per heavy atom. The zero-order valence-electron chi connectivity index (χ0n) is 16.8. The first-order chi connectivity index (χ1) is 13.9. The number of nitrogens with zero attached hydrogens (tertiary/aromatic N) is 1. The minimum atomic E-state index is -0.937. The van der Waals surface area contributed by atoms with E-state index in [0.717, 1.165) is 28.4 Å². The second-order valence-electron chi connectivity index (χ2n) is 6.85. The Bertz CT molecular complexity index is 1070. The number of hydrogen-bond donors (Lipinski definition) is 2. The highest BCUT2D eigenvalue weighted by Crippen LogP contribution is 2.31. The van der Waals surface area contributed by atoms with Gasteiger partial charge in [0.15, 0.2) is 6.10 Å². The number of aryl methyl sites for hydroxylation is 1. The summed E-state index contributed by atoms with van der Waals surface area (Å²) in [6.45, 7) is 6.02. The van der Waals surface area contributed by atoms with Crippen molar-refractivity contribution in [3.05, 3.63) is 42.5 Å². The summed E-state index contributed by atoms with van der Waals surface area (Å²) in [6.07, 6.45) is -0.924. The van der Waals surface area contributed by atoms with Crippen molar-refractivity contribution in [2.24, 2.45) is 0 Å². The second kappa shape index (κ2) is 8.77. The van der Waals surface area contributed by atoms with Crippen LogP contribution in [0.2, 0.25) is 0 Å². The molecule has 0 spiro atoms. The van der Waals surface area contributed by atoms with E-state index in [1.165, 1.54) is 13.8 Å². The summed E-state index contributed by atoms with van der Waals surface area (Å²) in [5.41, 5.74) is 2.89. The molecule has 0 saturated carbocycles. The lowest BCUT2D eigenvalue weighted by Crippen LogP contribution is -2.31. The molecule has 7 heteroatoms. The van der Waals surface area contributed by atoms with Gasteiger partial charge in [-0.25, -0.2) is 0 Å². The van der Waals surface area contributed by atoms with Gasteiger partial charge in [-0.1, -0.05) is 18.2 Å². The van der Waals surface area contributed by atoms with E-state index >= 15 is 0 Å². The molecule has 2 N–H and O–H groups in total. The lowest BCUT2D eigenvalue weighted by molar-refractivity contribution is -0.153. The standard InChI is InChI=1S/C22H25N3O4/c1-4-25-19-8-6-5-7-17(19)18-13-16(9-10-20(18)25)24-22(28)14(2)29-21(27)11-12-23-15(3)26/h5-10,13-14H,4,11-12H2,1-3H3,(H,23,26)(H,24,28)/t14-/m1/s1. The van der Waals surface area contributed by atoms with Gasteiger partial charge in [0.2, 0.25) is 5.91 Å². The topological polar surface area (TPSA) is 89.4 Å². The average molecular weight is 395 g/mol. The van der Waals surface area contributed by atoms with E-state index in [1.54, 1.807) is 0 Å². The zero-order valence-corrected chi connectivity index (χ0v) is 16.8. The summed E-state index contributed by atoms with van der Waals surface area (Å²) in [5, 5.41) is 7.50. The number of carbonyl (C=O) groups excluding carboxylic acids is 3. The number of benzene rings is 2. The van der Waals surface area contributed by atoms with Crippen molar-refractivity contribution in [3.8, 4) is 0 Å². The molecule has 3 rings (SSSR count). The van der Waals surface area contributed by atoms with Crippen LogP contribution in [0.1, 0.15) is 27.2 Å². The summed E-state index contributed by atoms with van der Waals surface area (Å²) >= 11 is 0. The number of ether oxygens (including phenoxy) is 1. The summed E-state index contributed by atoms with van der Waals surface area (Å²) in [5.74, 6) is -1.16. The van der Waals surface area contributed by atoms with E-state index in [1.807, 2.05) is 30.3 Å². The maximum Gasteiger partial charge on any atom is 0.308 e. The Kier molecular flexibility index (Phi) is 6.16. The Hall–Kier alpha value is -3.35. The van der Waals surface area contributed by atoms with Crippen LogP contribution < -0.4 is 10.6 Å². The second-order valence-corrected chi connectivity index (χ2v) is 6.85. The van der Waals surface area contributed by atoms with Crippen LogP contribution >= 0.6 is 0 Å². The quantitative estimate of drug-likeness (QED) is 0.601. The molecule has 0 radical (unpaired) electrons. The van der Waals surface area contributed by atoms with Crippen molar-refractivity contribution < 1.29 is 19.1 Å². The SMILES string of the molecule is CCn1c2ccccc2c2cc(NC(=O)[C@@H](C)OC(=O)CCNC(C)=O)ccc21. The molecule has 2 amide bonds. The van der Waals surface area contributed by atoms with Gasteiger partial charge in [0.05, 0.1) is 6.42 Å². The van der Waals surface area contributed by atoms with Gasteiger partial charge < -0.3 is 19.9 Å². The molecule has 0 bridgehead atoms. The predicted octanol–water partition coefficient (Wildman–Crippen LogP) is 3.21. The third-order valence-electron chi connectivity index (χ3n) is 4.74. The lowest BCUT2D eigenvalue weighted by atomic mass is 10.1. The summed E-state index contributed by atoms with van der Waals surface area (Å²) < 4.78 is 7.37. The summed E-state index contributed by atoms with van der Waals surface area (Å²) in [6, 6.07) is 13.9. The van der Waals surface area contributed by atoms with Gasteiger partial charge in [0.25, 0.3) is 5.91 Å². The molecule has 0 fully saturated rings. The predicted molar refractivity (Wildman–Crippen MR) is 113 cm³/mol. The first kappa shape index (κ1) is 20.4. The molecule has 3 aromatic rings. The largest absolute Gasteiger partial charge is 0.452 e. The normalized spacial score (nSPS) is 12.0. The maximum absolute atomic E-state index is 12.4. The number of carbonyl (C=O) groups is 3. The van der Waals surface area contributed by atoms with Gasteiger partial charge in [-0.2, -0.15) is 0 Å². The van der Waals surface area contributed by atoms with Gasteiger partial charge in [0, 0.05) is 47.5 Å². The fourth-order valence-corrected chi connectivity index (χ4v) is 3.37. The molecule has 1 heterocycles. The highest BCUT2D eigenvalue weighted by Gasteiger charge is 2.18. The van der Waals surface area contributed by atoms with Gasteiger partial charge in [-0.15, -0.1) is 0 Å². The number of para-hydroxylation sites is 1. The van der Waals surface area contributed by atoms with Crippen molar-refractivity contribution >= 4 is 45.3 Å². The first-order valence-electron chi connectivity index (χ1n) is 9.66. The number of fused-ring (bicyclic) bond motifs is 3. The molecule has 0 saturated heterocycles. The minimum Gasteiger partial charge on any atom is -0.452 e. The van der Waals surface area contributed by atoms with E-state index in [2.05, 4.69) is 34.3 Å². The third kappa shape index (κ3) is 4.56. The third-order valence-corrected chi connectivity index (χ3v) is 4.74. The van der Waals surface area contributed by atoms with E-state index in [4.69, 9.17) is 4.74 Å². The number of amides is 2. The molecule has 2 aromatic carbocycles. The molecule has 29 heavy (non-hydrogen) atoms. The van der Waals surface area contributed by atoms with Crippen LogP contribution in [0.3, 0.4) is 0 Å². The lowest BCUT2D eigenvalue weighted by Gasteiger charge is -2.14. The average Bonchev–Trinajstić information content (AvgIpc) is 3.00. The van der Waals surface area contributed by atoms with Gasteiger partial charge >= 0.3 is 5.97 Å². The highest BCUT2D eigenvalue weighted by molar-refractivity contribution is 6.10. The molecular formula is C22H25N3O4. The van der Waals surface area contributed by atoms with Crippen LogP contribution in [0.4, 0.5) is 5.69 Å². The smallest absolute Gasteiger partial charge is 0.308 e. The molecule has 0 aliphatic heterocycles. The molecule has 152 valence electrons. The van der Waals surface area contributed by atoms with Crippen molar-refractivity contribution in [3.63, 3.8) is 0 Å². The van der Waals surface area contributed by atoms with Crippen LogP contribution in [0.5, 0.6) is 0 Å². The van der Waals surface area contributed by atoms with Crippen molar-refractivity contribution in [2.45, 2.75) is 39.8 Å². The van der Waals surface area contributed by atoms with Crippen LogP contribution in [0.15, 0.2) is 42.5 Å². The van der Waals surface area contributed by atoms with E-state index in [0.29, 0.717) is 5.69 Å². The van der Waals surface area contributed by atoms with E-state index < -0.39 is 18.0 Å². The van der Waals surface area contributed by atoms with Gasteiger partial charge in [-0.3, -0.25) is 14.4 Å². The Labute approximate surface area is 169 Å². The molecule has 1 aromatic heterocycles. The fourth-order valence-electron chi connectivity index (χ4n) is 3.37. The molecule has 1 atom stereocenters. The number of nitrogens with one attached hydrogen (secondary N) is 2. The zero-order chi connectivity index (χ0) is 21.0. The molecule has 0 unspecified atom stereocenters. The molecule has 0 aliphatic carbocycles. The van der Waals surface area contributed by atoms with Crippen molar-refractivity contribution in [2.75, 3.05) is 11.9 Å². The number of anilines is 1. The molecular weight excluding hydrogens is 370 g/mol. The molecule has 7 nitrogen and oxygen atoms in total. The summed E-state index contributed by atoms with van der Waals surface area (Å²) in [4.78, 5) is 35.0. The minimum absolute atomic E-state index is 0.0136. The van der Waals surface area contributed by atoms with E-state index in [-0.39, 0.29) is 18.9 Å². The Balaban J connectivity index is 1.71. The van der Waals surface area contributed by atoms with Crippen LogP contribution in [0, 0.1) is 0 Å². The Morgan fingerprint density at radius 3 is 2.52 bits per heavy atom. The van der Waals surface area contributed by atoms with E-state index in [9.17, 15) is 14.4 Å². The Morgan fingerprint density at radius 1 is 1.07 bits per heavy atom. The fraction of sp³-hybridized carbons (Fsp3) is 0.318. The monoisotopic (exact) mass is 395 g/mol.